The molecule has 0 saturated heterocycles. The van der Waals surface area contributed by atoms with Crippen molar-refractivity contribution < 1.29 is 0 Å². The number of nitrogens with one attached hydrogen (secondary N) is 1. The van der Waals surface area contributed by atoms with Crippen LogP contribution in [0, 0.1) is 0 Å². The quantitative estimate of drug-likeness (QED) is 0.515. The Morgan fingerprint density at radius 1 is 0.958 bits per heavy atom. The molecular formula is C19H12N4O. The first-order valence-corrected chi connectivity index (χ1v) is 7.65. The second-order valence-electron chi connectivity index (χ2n) is 5.66. The third kappa shape index (κ3) is 1.72. The van der Waals surface area contributed by atoms with Gasteiger partial charge in [0.15, 0.2) is 0 Å². The molecule has 0 atom stereocenters. The van der Waals surface area contributed by atoms with Gasteiger partial charge in [-0.1, -0.05) is 30.3 Å². The summed E-state index contributed by atoms with van der Waals surface area (Å²) in [4.78, 5) is 24.6. The number of pyridine rings is 1. The van der Waals surface area contributed by atoms with Gasteiger partial charge in [-0.3, -0.25) is 14.5 Å². The minimum Gasteiger partial charge on any atom is -0.305 e. The van der Waals surface area contributed by atoms with Gasteiger partial charge in [-0.2, -0.15) is 0 Å². The smallest absolute Gasteiger partial charge is 0.305 e. The van der Waals surface area contributed by atoms with Crippen LogP contribution < -0.4 is 5.69 Å². The second kappa shape index (κ2) is 4.76. The minimum atomic E-state index is -0.164. The number of aromatic amines is 1. The van der Waals surface area contributed by atoms with E-state index in [1.165, 1.54) is 0 Å². The lowest BCUT2D eigenvalue weighted by Crippen LogP contribution is -2.14. The van der Waals surface area contributed by atoms with E-state index in [2.05, 4.69) is 15.0 Å². The van der Waals surface area contributed by atoms with Gasteiger partial charge >= 0.3 is 5.69 Å². The molecule has 5 nitrogen and oxygen atoms in total. The Hall–Kier alpha value is -3.47. The fourth-order valence-corrected chi connectivity index (χ4v) is 3.23. The molecule has 0 saturated carbocycles. The summed E-state index contributed by atoms with van der Waals surface area (Å²) in [6, 6.07) is 17.4. The van der Waals surface area contributed by atoms with Gasteiger partial charge < -0.3 is 4.98 Å². The van der Waals surface area contributed by atoms with Crippen molar-refractivity contribution in [2.45, 2.75) is 0 Å². The second-order valence-corrected chi connectivity index (χ2v) is 5.66. The molecule has 24 heavy (non-hydrogen) atoms. The Morgan fingerprint density at radius 2 is 1.88 bits per heavy atom. The molecule has 4 aromatic rings. The standard InChI is InChI=1S/C19H12N4O/c24-19-22-15-8-3-5-12-11-21-17-13(14-7-1-2-10-20-14)6-4-9-16(17)23(19)18(12)15/h1-11H,(H,22,24). The molecule has 0 unspecified atom stereocenters. The third-order valence-corrected chi connectivity index (χ3v) is 4.26. The van der Waals surface area contributed by atoms with E-state index in [1.54, 1.807) is 10.8 Å². The Labute approximate surface area is 137 Å². The van der Waals surface area contributed by atoms with Crippen LogP contribution in [0.4, 0.5) is 5.69 Å². The van der Waals surface area contributed by atoms with Crippen LogP contribution in [-0.4, -0.2) is 20.7 Å². The number of aromatic nitrogens is 3. The lowest BCUT2D eigenvalue weighted by molar-refractivity contribution is 1.02. The maximum atomic E-state index is 12.6. The molecule has 0 bridgehead atoms. The largest absolute Gasteiger partial charge is 0.331 e. The van der Waals surface area contributed by atoms with Crippen molar-refractivity contribution in [2.75, 3.05) is 0 Å². The maximum absolute atomic E-state index is 12.6. The molecule has 5 heteroatoms. The fraction of sp³-hybridized carbons (Fsp3) is 0. The predicted octanol–water partition coefficient (Wildman–Crippen LogP) is 3.44. The molecule has 0 aliphatic carbocycles. The number of para-hydroxylation sites is 2. The number of hydrogen-bond acceptors (Lipinski definition) is 3. The zero-order valence-electron chi connectivity index (χ0n) is 12.6. The number of nitrogens with zero attached hydrogens (tertiary/aromatic N) is 3. The topological polar surface area (TPSA) is 63.0 Å². The Bertz CT molecular complexity index is 1170. The molecule has 2 aromatic carbocycles. The fourth-order valence-electron chi connectivity index (χ4n) is 3.23. The molecule has 1 aliphatic heterocycles. The van der Waals surface area contributed by atoms with E-state index in [0.29, 0.717) is 0 Å². The summed E-state index contributed by atoms with van der Waals surface area (Å²) in [7, 11) is 0. The maximum Gasteiger partial charge on any atom is 0.331 e. The summed E-state index contributed by atoms with van der Waals surface area (Å²) in [6.07, 6.45) is 3.56. The van der Waals surface area contributed by atoms with E-state index in [4.69, 9.17) is 0 Å². The average Bonchev–Trinajstić information content (AvgIpc) is 2.85. The first kappa shape index (κ1) is 13.0. The highest BCUT2D eigenvalue weighted by molar-refractivity contribution is 6.01. The Balaban J connectivity index is 1.92. The van der Waals surface area contributed by atoms with Gasteiger partial charge in [0.1, 0.15) is 0 Å². The van der Waals surface area contributed by atoms with Crippen LogP contribution in [0.3, 0.4) is 0 Å². The average molecular weight is 312 g/mol. The molecule has 0 fully saturated rings. The first-order valence-electron chi connectivity index (χ1n) is 7.65. The van der Waals surface area contributed by atoms with E-state index < -0.39 is 0 Å². The van der Waals surface area contributed by atoms with Crippen LogP contribution in [0.5, 0.6) is 0 Å². The molecule has 3 heterocycles. The molecular weight excluding hydrogens is 300 g/mol. The van der Waals surface area contributed by atoms with Crippen LogP contribution in [0.2, 0.25) is 0 Å². The van der Waals surface area contributed by atoms with Crippen molar-refractivity contribution in [2.24, 2.45) is 4.99 Å². The van der Waals surface area contributed by atoms with Gasteiger partial charge in [0.2, 0.25) is 0 Å². The van der Waals surface area contributed by atoms with Crippen molar-refractivity contribution in [1.29, 1.82) is 0 Å². The number of fused-ring (bicyclic) bond motifs is 2. The minimum absolute atomic E-state index is 0.164. The number of benzene rings is 2. The van der Waals surface area contributed by atoms with Crippen molar-refractivity contribution in [3.8, 4) is 16.9 Å². The lowest BCUT2D eigenvalue weighted by Gasteiger charge is -2.10. The Morgan fingerprint density at radius 3 is 2.75 bits per heavy atom. The predicted molar refractivity (Wildman–Crippen MR) is 94.4 cm³/mol. The van der Waals surface area contributed by atoms with Crippen molar-refractivity contribution in [3.63, 3.8) is 0 Å². The number of H-pyrrole nitrogens is 1. The van der Waals surface area contributed by atoms with Gasteiger partial charge in [0, 0.05) is 23.5 Å². The van der Waals surface area contributed by atoms with E-state index in [0.717, 1.165) is 39.2 Å². The van der Waals surface area contributed by atoms with E-state index in [9.17, 15) is 4.79 Å². The van der Waals surface area contributed by atoms with E-state index in [-0.39, 0.29) is 5.69 Å². The molecule has 0 amide bonds. The van der Waals surface area contributed by atoms with Gasteiger partial charge in [-0.05, 0) is 24.3 Å². The number of imidazole rings is 1. The summed E-state index contributed by atoms with van der Waals surface area (Å²) >= 11 is 0. The highest BCUT2D eigenvalue weighted by Gasteiger charge is 2.19. The highest BCUT2D eigenvalue weighted by atomic mass is 16.1. The van der Waals surface area contributed by atoms with Crippen LogP contribution >= 0.6 is 0 Å². The normalized spacial score (nSPS) is 12.2. The number of rotatable bonds is 1. The molecule has 0 spiro atoms. The summed E-state index contributed by atoms with van der Waals surface area (Å²) in [5.41, 5.74) is 5.64. The highest BCUT2D eigenvalue weighted by Crippen LogP contribution is 2.37. The van der Waals surface area contributed by atoms with Crippen LogP contribution in [0.15, 0.2) is 70.6 Å². The van der Waals surface area contributed by atoms with Crippen LogP contribution in [0.25, 0.3) is 28.0 Å². The van der Waals surface area contributed by atoms with Crippen LogP contribution in [-0.2, 0) is 0 Å². The molecule has 1 N–H and O–H groups in total. The van der Waals surface area contributed by atoms with E-state index in [1.807, 2.05) is 60.8 Å². The molecule has 5 rings (SSSR count). The molecule has 1 aliphatic rings. The molecule has 114 valence electrons. The van der Waals surface area contributed by atoms with Crippen molar-refractivity contribution in [1.82, 2.24) is 14.5 Å². The molecule has 2 aromatic heterocycles. The zero-order valence-corrected chi connectivity index (χ0v) is 12.6. The summed E-state index contributed by atoms with van der Waals surface area (Å²) in [6.45, 7) is 0. The third-order valence-electron chi connectivity index (χ3n) is 4.26. The summed E-state index contributed by atoms with van der Waals surface area (Å²) in [5.74, 6) is 0. The monoisotopic (exact) mass is 312 g/mol. The van der Waals surface area contributed by atoms with Gasteiger partial charge in [0.05, 0.1) is 28.1 Å². The van der Waals surface area contributed by atoms with Gasteiger partial charge in [-0.15, -0.1) is 0 Å². The van der Waals surface area contributed by atoms with Crippen molar-refractivity contribution >= 4 is 22.9 Å². The van der Waals surface area contributed by atoms with E-state index >= 15 is 0 Å². The van der Waals surface area contributed by atoms with Crippen LogP contribution in [0.1, 0.15) is 5.56 Å². The molecule has 0 radical (unpaired) electrons. The van der Waals surface area contributed by atoms with Gasteiger partial charge in [-0.25, -0.2) is 4.79 Å². The number of aliphatic imine (C=N–C) groups is 1. The lowest BCUT2D eigenvalue weighted by atomic mass is 10.1. The summed E-state index contributed by atoms with van der Waals surface area (Å²) < 4.78 is 1.69. The number of hydrogen-bond donors (Lipinski definition) is 1. The zero-order chi connectivity index (χ0) is 16.1. The Kier molecular flexibility index (Phi) is 2.58. The SMILES string of the molecule is O=c1[nH]c2cccc3c2n1-c1cccc(-c2ccccn2)c1N=C3. The van der Waals surface area contributed by atoms with Gasteiger partial charge in [0.25, 0.3) is 0 Å². The van der Waals surface area contributed by atoms with Crippen molar-refractivity contribution in [3.05, 3.63) is 76.8 Å². The first-order chi connectivity index (χ1) is 11.8. The summed E-state index contributed by atoms with van der Waals surface area (Å²) in [5, 5.41) is 0.